The highest BCUT2D eigenvalue weighted by molar-refractivity contribution is 9.10. The van der Waals surface area contributed by atoms with Gasteiger partial charge in [0.1, 0.15) is 0 Å². The van der Waals surface area contributed by atoms with Gasteiger partial charge in [-0.25, -0.2) is 0 Å². The van der Waals surface area contributed by atoms with Crippen LogP contribution in [-0.2, 0) is 10.2 Å². The molecule has 3 nitrogen and oxygen atoms in total. The molecule has 0 aliphatic heterocycles. The quantitative estimate of drug-likeness (QED) is 0.879. The van der Waals surface area contributed by atoms with Gasteiger partial charge in [0.25, 0.3) is 0 Å². The molecule has 0 atom stereocenters. The summed E-state index contributed by atoms with van der Waals surface area (Å²) in [5.41, 5.74) is 2.35. The molecule has 0 aliphatic rings. The molecule has 2 N–H and O–H groups in total. The lowest BCUT2D eigenvalue weighted by atomic mass is 9.82. The van der Waals surface area contributed by atoms with E-state index in [0.29, 0.717) is 6.54 Å². The second kappa shape index (κ2) is 5.65. The van der Waals surface area contributed by atoms with Gasteiger partial charge in [-0.1, -0.05) is 35.8 Å². The number of rotatable bonds is 5. The van der Waals surface area contributed by atoms with E-state index in [1.807, 2.05) is 6.07 Å². The average Bonchev–Trinajstić information content (AvgIpc) is 2.20. The first-order valence-electron chi connectivity index (χ1n) is 5.52. The highest BCUT2D eigenvalue weighted by Crippen LogP contribution is 2.28. The standard InChI is InChI=1S/C13H18BrNO2/c1-9-4-5-10(14)6-11(9)13(2,3)8-15-7-12(16)17/h4-6,15H,7-8H2,1-3H3,(H,16,17). The second-order valence-corrected chi connectivity index (χ2v) is 5.76. The van der Waals surface area contributed by atoms with Crippen LogP contribution in [0.4, 0.5) is 0 Å². The summed E-state index contributed by atoms with van der Waals surface area (Å²) in [5, 5.41) is 11.6. The van der Waals surface area contributed by atoms with Crippen LogP contribution < -0.4 is 5.32 Å². The molecule has 0 saturated heterocycles. The molecule has 0 radical (unpaired) electrons. The molecule has 0 spiro atoms. The Kier molecular flexibility index (Phi) is 4.71. The summed E-state index contributed by atoms with van der Waals surface area (Å²) in [6.45, 7) is 6.92. The van der Waals surface area contributed by atoms with Crippen molar-refractivity contribution >= 4 is 21.9 Å². The maximum absolute atomic E-state index is 10.5. The van der Waals surface area contributed by atoms with Crippen LogP contribution in [0.3, 0.4) is 0 Å². The number of aryl methyl sites for hydroxylation is 1. The highest BCUT2D eigenvalue weighted by Gasteiger charge is 2.22. The molecule has 0 fully saturated rings. The summed E-state index contributed by atoms with van der Waals surface area (Å²) in [6.07, 6.45) is 0. The second-order valence-electron chi connectivity index (χ2n) is 4.84. The van der Waals surface area contributed by atoms with Crippen LogP contribution in [0.25, 0.3) is 0 Å². The minimum atomic E-state index is -0.827. The lowest BCUT2D eigenvalue weighted by molar-refractivity contribution is -0.136. The molecule has 17 heavy (non-hydrogen) atoms. The van der Waals surface area contributed by atoms with Gasteiger partial charge in [-0.2, -0.15) is 0 Å². The largest absolute Gasteiger partial charge is 0.480 e. The molecule has 0 aromatic heterocycles. The Morgan fingerprint density at radius 3 is 2.71 bits per heavy atom. The van der Waals surface area contributed by atoms with E-state index in [0.717, 1.165) is 4.47 Å². The van der Waals surface area contributed by atoms with Crippen molar-refractivity contribution in [1.29, 1.82) is 0 Å². The Balaban J connectivity index is 2.81. The highest BCUT2D eigenvalue weighted by atomic mass is 79.9. The van der Waals surface area contributed by atoms with Crippen LogP contribution in [0.1, 0.15) is 25.0 Å². The first-order valence-corrected chi connectivity index (χ1v) is 6.31. The van der Waals surface area contributed by atoms with Gasteiger partial charge in [0.15, 0.2) is 0 Å². The molecule has 1 rings (SSSR count). The van der Waals surface area contributed by atoms with E-state index >= 15 is 0 Å². The number of carboxylic acid groups (broad SMARTS) is 1. The van der Waals surface area contributed by atoms with E-state index in [2.05, 4.69) is 54.2 Å². The molecule has 1 aromatic carbocycles. The molecule has 94 valence electrons. The maximum atomic E-state index is 10.5. The third kappa shape index (κ3) is 4.13. The van der Waals surface area contributed by atoms with Crippen LogP contribution in [0.5, 0.6) is 0 Å². The van der Waals surface area contributed by atoms with E-state index in [4.69, 9.17) is 5.11 Å². The van der Waals surface area contributed by atoms with Crippen molar-refractivity contribution in [1.82, 2.24) is 5.32 Å². The number of carboxylic acids is 1. The van der Waals surface area contributed by atoms with E-state index in [1.54, 1.807) is 0 Å². The first-order chi connectivity index (χ1) is 7.83. The molecule has 0 saturated carbocycles. The first kappa shape index (κ1) is 14.2. The summed E-state index contributed by atoms with van der Waals surface area (Å²) >= 11 is 3.47. The lowest BCUT2D eigenvalue weighted by Crippen LogP contribution is -2.36. The predicted octanol–water partition coefficient (Wildman–Crippen LogP) is 2.71. The lowest BCUT2D eigenvalue weighted by Gasteiger charge is -2.27. The minimum absolute atomic E-state index is 0.00349. The smallest absolute Gasteiger partial charge is 0.317 e. The molecule has 0 unspecified atom stereocenters. The van der Waals surface area contributed by atoms with Crippen molar-refractivity contribution in [2.75, 3.05) is 13.1 Å². The van der Waals surface area contributed by atoms with Crippen molar-refractivity contribution in [3.05, 3.63) is 33.8 Å². The Morgan fingerprint density at radius 2 is 2.12 bits per heavy atom. The molecule has 0 heterocycles. The van der Waals surface area contributed by atoms with E-state index < -0.39 is 5.97 Å². The number of aliphatic carboxylic acids is 1. The Bertz CT molecular complexity index is 416. The molecule has 0 amide bonds. The van der Waals surface area contributed by atoms with Crippen LogP contribution in [0, 0.1) is 6.92 Å². The zero-order chi connectivity index (χ0) is 13.1. The van der Waals surface area contributed by atoms with Gasteiger partial charge in [-0.3, -0.25) is 4.79 Å². The zero-order valence-electron chi connectivity index (χ0n) is 10.4. The molecule has 1 aromatic rings. The fourth-order valence-electron chi connectivity index (χ4n) is 1.90. The molecular formula is C13H18BrNO2. The number of carbonyl (C=O) groups is 1. The van der Waals surface area contributed by atoms with Crippen LogP contribution in [-0.4, -0.2) is 24.2 Å². The molecule has 4 heteroatoms. The normalized spacial score (nSPS) is 11.5. The Hall–Kier alpha value is -0.870. The number of halogens is 1. The van der Waals surface area contributed by atoms with Crippen molar-refractivity contribution in [3.63, 3.8) is 0 Å². The fraction of sp³-hybridized carbons (Fsp3) is 0.462. The van der Waals surface area contributed by atoms with Gasteiger partial charge < -0.3 is 10.4 Å². The van der Waals surface area contributed by atoms with Gasteiger partial charge in [-0.05, 0) is 30.2 Å². The van der Waals surface area contributed by atoms with Crippen LogP contribution in [0.2, 0.25) is 0 Å². The SMILES string of the molecule is Cc1ccc(Br)cc1C(C)(C)CNCC(=O)O. The minimum Gasteiger partial charge on any atom is -0.480 e. The summed E-state index contributed by atoms with van der Waals surface area (Å²) < 4.78 is 1.05. The average molecular weight is 300 g/mol. The Morgan fingerprint density at radius 1 is 1.47 bits per heavy atom. The third-order valence-electron chi connectivity index (χ3n) is 2.77. The van der Waals surface area contributed by atoms with Gasteiger partial charge in [-0.15, -0.1) is 0 Å². The topological polar surface area (TPSA) is 49.3 Å². The predicted molar refractivity (Wildman–Crippen MR) is 72.4 cm³/mol. The summed E-state index contributed by atoms with van der Waals surface area (Å²) in [6, 6.07) is 6.18. The number of benzene rings is 1. The van der Waals surface area contributed by atoms with Gasteiger partial charge in [0.2, 0.25) is 0 Å². The zero-order valence-corrected chi connectivity index (χ0v) is 12.0. The van der Waals surface area contributed by atoms with E-state index in [1.165, 1.54) is 11.1 Å². The number of nitrogens with one attached hydrogen (secondary N) is 1. The maximum Gasteiger partial charge on any atom is 0.317 e. The summed E-state index contributed by atoms with van der Waals surface area (Å²) in [5.74, 6) is -0.827. The number of hydrogen-bond acceptors (Lipinski definition) is 2. The summed E-state index contributed by atoms with van der Waals surface area (Å²) in [4.78, 5) is 10.5. The van der Waals surface area contributed by atoms with E-state index in [-0.39, 0.29) is 12.0 Å². The number of hydrogen-bond donors (Lipinski definition) is 2. The monoisotopic (exact) mass is 299 g/mol. The van der Waals surface area contributed by atoms with Crippen molar-refractivity contribution in [2.45, 2.75) is 26.2 Å². The van der Waals surface area contributed by atoms with Gasteiger partial charge in [0, 0.05) is 16.4 Å². The van der Waals surface area contributed by atoms with Gasteiger partial charge >= 0.3 is 5.97 Å². The summed E-state index contributed by atoms with van der Waals surface area (Å²) in [7, 11) is 0. The van der Waals surface area contributed by atoms with Crippen molar-refractivity contribution < 1.29 is 9.90 Å². The fourth-order valence-corrected chi connectivity index (χ4v) is 2.26. The molecule has 0 aliphatic carbocycles. The third-order valence-corrected chi connectivity index (χ3v) is 3.27. The van der Waals surface area contributed by atoms with Crippen molar-refractivity contribution in [2.24, 2.45) is 0 Å². The van der Waals surface area contributed by atoms with E-state index in [9.17, 15) is 4.79 Å². The molecule has 0 bridgehead atoms. The van der Waals surface area contributed by atoms with Gasteiger partial charge in [0.05, 0.1) is 6.54 Å². The van der Waals surface area contributed by atoms with Crippen LogP contribution in [0.15, 0.2) is 22.7 Å². The van der Waals surface area contributed by atoms with Crippen molar-refractivity contribution in [3.8, 4) is 0 Å². The van der Waals surface area contributed by atoms with Crippen LogP contribution >= 0.6 is 15.9 Å². The Labute approximate surface area is 110 Å². The molecular weight excluding hydrogens is 282 g/mol.